The van der Waals surface area contributed by atoms with E-state index >= 15 is 0 Å². The minimum atomic E-state index is -1.83. The average molecular weight is 1620 g/mol. The van der Waals surface area contributed by atoms with Crippen LogP contribution < -0.4 is 80.3 Å². The Labute approximate surface area is 649 Å². The molecule has 2 aliphatic rings. The second-order valence-electron chi connectivity index (χ2n) is 25.0. The number of hydrogen-bond donors (Lipinski definition) is 17. The molecule has 2 saturated heterocycles. The first-order valence-corrected chi connectivity index (χ1v) is 39.1. The van der Waals surface area contributed by atoms with Crippen LogP contribution in [-0.4, -0.2) is 317 Å². The summed E-state index contributed by atoms with van der Waals surface area (Å²) in [5.74, 6) is -13.0. The number of nitrogens with one attached hydrogen (secondary N) is 15. The lowest BCUT2D eigenvalue weighted by atomic mass is 10.0. The van der Waals surface area contributed by atoms with Crippen molar-refractivity contribution in [2.24, 2.45) is 5.73 Å². The zero-order valence-corrected chi connectivity index (χ0v) is 64.8. The first-order chi connectivity index (χ1) is 52.7. The van der Waals surface area contributed by atoms with Gasteiger partial charge in [-0.3, -0.25) is 72.6 Å². The molecule has 1 aromatic carbocycles. The van der Waals surface area contributed by atoms with Gasteiger partial charge in [-0.05, 0) is 58.4 Å². The topological polar surface area (TPSA) is 570 Å². The summed E-state index contributed by atoms with van der Waals surface area (Å²) in [5, 5.41) is 50.9. The van der Waals surface area contributed by atoms with Gasteiger partial charge < -0.3 is 123 Å². The Morgan fingerprint density at radius 2 is 1.00 bits per heavy atom. The summed E-state index contributed by atoms with van der Waals surface area (Å²) in [6.45, 7) is 6.67. The quantitative estimate of drug-likeness (QED) is 0.00952. The number of fused-ring (bicyclic) bond motifs is 5. The van der Waals surface area contributed by atoms with Crippen molar-refractivity contribution in [3.63, 3.8) is 0 Å². The van der Waals surface area contributed by atoms with E-state index < -0.39 is 169 Å². The van der Waals surface area contributed by atoms with Crippen molar-refractivity contribution >= 4 is 122 Å². The molecule has 0 unspecified atom stereocenters. The standard InChI is InChI=1S/C66H108N16O25S3/c1-66(2,3)107-65(97)82-106-38-54(86)71-18-21-101-26-28-103-30-32-104-31-29-102-27-25-100-20-17-70-53(85)37-105-36-52(84)69-15-9-8-13-45-59(92)80-49-40-109-110-41-50(81-61(94)47(34-56(88)89)76-51(83)35-74-57(90)44(77-62(49)95)14-10-16-73-64(67)68)63(96)78-46(33-43-11-6-5-7-12-43)60(93)79-48(39-108-42-55(87)75-45)58(91)72-19-22-99-24-23-98-4/h5-7,11-12,44-50H,8-10,13-42H2,1-4H3,(H,69,84)(H,70,85)(H,71,86)(H,72,91)(H,74,90)(H,75,87)(H,76,83)(H,77,95)(H,78,96)(H,79,93)(H,80,92)(H,81,94)(H,82,97)(H,88,89)(H4,67,68,73)/t44-,45-,46-,47-,48-,49-,50-/m0/s1. The summed E-state index contributed by atoms with van der Waals surface area (Å²) in [4.78, 5) is 193. The van der Waals surface area contributed by atoms with E-state index in [2.05, 4.69) is 69.1 Å². The number of amides is 13. The van der Waals surface area contributed by atoms with Gasteiger partial charge in [0.15, 0.2) is 12.6 Å². The molecule has 7 atom stereocenters. The number of aliphatic carboxylic acids is 1. The van der Waals surface area contributed by atoms with E-state index in [0.29, 0.717) is 45.2 Å². The van der Waals surface area contributed by atoms with Crippen LogP contribution >= 0.6 is 33.3 Å². The molecule has 0 aliphatic carbocycles. The molecule has 13 amide bonds. The van der Waals surface area contributed by atoms with Crippen LogP contribution in [0.15, 0.2) is 30.3 Å². The van der Waals surface area contributed by atoms with E-state index in [-0.39, 0.29) is 141 Å². The van der Waals surface area contributed by atoms with E-state index in [1.54, 1.807) is 51.1 Å². The second kappa shape index (κ2) is 57.6. The predicted octanol–water partition coefficient (Wildman–Crippen LogP) is -5.53. The molecule has 0 spiro atoms. The number of methoxy groups -OCH3 is 1. The summed E-state index contributed by atoms with van der Waals surface area (Å²) >= 11 is 0.895. The maximum Gasteiger partial charge on any atom is 0.431 e. The molecule has 620 valence electrons. The highest BCUT2D eigenvalue weighted by atomic mass is 33.1. The molecule has 2 heterocycles. The molecule has 0 radical (unpaired) electrons. The number of hydroxylamine groups is 1. The van der Waals surface area contributed by atoms with Crippen LogP contribution in [0.3, 0.4) is 0 Å². The lowest BCUT2D eigenvalue weighted by Crippen LogP contribution is -2.60. The van der Waals surface area contributed by atoms with Crippen molar-refractivity contribution in [1.82, 2.24) is 74.6 Å². The molecule has 41 nitrogen and oxygen atoms in total. The van der Waals surface area contributed by atoms with Gasteiger partial charge in [0.05, 0.1) is 105 Å². The van der Waals surface area contributed by atoms with Gasteiger partial charge in [-0.2, -0.15) is 5.48 Å². The lowest BCUT2D eigenvalue weighted by molar-refractivity contribution is -0.141. The molecule has 2 fully saturated rings. The summed E-state index contributed by atoms with van der Waals surface area (Å²) in [6, 6.07) is -2.16. The number of guanidine groups is 1. The number of nitrogens with two attached hydrogens (primary N) is 1. The Morgan fingerprint density at radius 1 is 0.518 bits per heavy atom. The minimum Gasteiger partial charge on any atom is -0.481 e. The number of carboxylic acid groups (broad SMARTS) is 1. The number of hydrogen-bond acceptors (Lipinski definition) is 28. The van der Waals surface area contributed by atoms with Gasteiger partial charge in [-0.25, -0.2) is 4.79 Å². The monoisotopic (exact) mass is 1620 g/mol. The fourth-order valence-corrected chi connectivity index (χ4v) is 12.5. The molecule has 2 bridgehead atoms. The largest absolute Gasteiger partial charge is 0.481 e. The molecule has 0 aromatic heterocycles. The Hall–Kier alpha value is -8.44. The number of rotatable bonds is 45. The van der Waals surface area contributed by atoms with Crippen LogP contribution in [0.1, 0.15) is 64.9 Å². The normalized spacial score (nSPS) is 19.5. The molecule has 44 heteroatoms. The van der Waals surface area contributed by atoms with Crippen molar-refractivity contribution in [1.29, 1.82) is 5.41 Å². The van der Waals surface area contributed by atoms with Crippen LogP contribution in [0.25, 0.3) is 0 Å². The molecule has 2 aliphatic heterocycles. The number of carboxylic acids is 1. The van der Waals surface area contributed by atoms with E-state index in [1.807, 2.05) is 5.48 Å². The first kappa shape index (κ1) is 95.8. The van der Waals surface area contributed by atoms with Crippen LogP contribution in [0.4, 0.5) is 4.79 Å². The zero-order chi connectivity index (χ0) is 80.7. The number of unbranched alkanes of at least 4 members (excludes halogenated alkanes) is 1. The van der Waals surface area contributed by atoms with Crippen LogP contribution in [0.2, 0.25) is 0 Å². The Bertz CT molecular complexity index is 3040. The number of benzene rings is 1. The van der Waals surface area contributed by atoms with Crippen LogP contribution in [0.5, 0.6) is 0 Å². The Kier molecular flexibility index (Phi) is 50.1. The van der Waals surface area contributed by atoms with Crippen molar-refractivity contribution in [3.05, 3.63) is 35.9 Å². The molecule has 110 heavy (non-hydrogen) atoms. The van der Waals surface area contributed by atoms with Gasteiger partial charge in [0.2, 0.25) is 70.9 Å². The van der Waals surface area contributed by atoms with Gasteiger partial charge in [0.25, 0.3) is 0 Å². The third kappa shape index (κ3) is 46.9. The van der Waals surface area contributed by atoms with E-state index in [9.17, 15) is 72.2 Å². The maximum absolute atomic E-state index is 14.6. The summed E-state index contributed by atoms with van der Waals surface area (Å²) in [6.07, 6.45) is -1.68. The molecule has 18 N–H and O–H groups in total. The van der Waals surface area contributed by atoms with Gasteiger partial charge >= 0.3 is 12.1 Å². The minimum absolute atomic E-state index is 0.0192. The van der Waals surface area contributed by atoms with Gasteiger partial charge in [0.1, 0.15) is 61.1 Å². The number of thioether (sulfide) groups is 1. The van der Waals surface area contributed by atoms with Gasteiger partial charge in [0, 0.05) is 63.5 Å². The lowest BCUT2D eigenvalue weighted by Gasteiger charge is -2.27. The van der Waals surface area contributed by atoms with E-state index in [4.69, 9.17) is 58.6 Å². The summed E-state index contributed by atoms with van der Waals surface area (Å²) < 4.78 is 48.1. The molecule has 0 saturated carbocycles. The number of ether oxygens (including phenoxy) is 9. The van der Waals surface area contributed by atoms with Gasteiger partial charge in [-0.1, -0.05) is 51.9 Å². The highest BCUT2D eigenvalue weighted by Crippen LogP contribution is 2.24. The second-order valence-corrected chi connectivity index (χ2v) is 28.6. The SMILES string of the molecule is COCCOCCNC(=O)[C@@H]1CSCC(=O)N[C@@H](CCCCNC(=O)COCC(=O)NCCOCCOCCOCCOCCOCCNC(=O)CONC(=O)OC(C)(C)C)C(=O)N[C@H]2CSSC[C@H](NC(=O)[C@H](CC(=O)O)NC(=O)CNC(=O)[C@H](CCCNC(=N)N)NC2=O)C(=O)N[C@@H](Cc2ccccc2)C(=O)N1. The van der Waals surface area contributed by atoms with E-state index in [0.717, 1.165) is 33.3 Å². The molecule has 3 rings (SSSR count). The zero-order valence-electron chi connectivity index (χ0n) is 62.3. The summed E-state index contributed by atoms with van der Waals surface area (Å²) in [7, 11) is 3.29. The van der Waals surface area contributed by atoms with Crippen molar-refractivity contribution in [2.45, 2.75) is 114 Å². The number of carbonyl (C=O) groups is 14. The highest BCUT2D eigenvalue weighted by molar-refractivity contribution is 8.76. The van der Waals surface area contributed by atoms with Gasteiger partial charge in [-0.15, -0.1) is 11.8 Å². The average Bonchev–Trinajstić information content (AvgIpc) is 0.996. The molecule has 1 aromatic rings. The Morgan fingerprint density at radius 3 is 1.55 bits per heavy atom. The van der Waals surface area contributed by atoms with E-state index in [1.165, 1.54) is 7.11 Å². The van der Waals surface area contributed by atoms with Crippen molar-refractivity contribution < 1.29 is 120 Å². The van der Waals surface area contributed by atoms with Crippen molar-refractivity contribution in [3.8, 4) is 0 Å². The predicted molar refractivity (Wildman–Crippen MR) is 399 cm³/mol. The summed E-state index contributed by atoms with van der Waals surface area (Å²) in [5.41, 5.74) is 7.32. The maximum atomic E-state index is 14.6. The smallest absolute Gasteiger partial charge is 0.431 e. The fourth-order valence-electron chi connectivity index (χ4n) is 9.36. The van der Waals surface area contributed by atoms with Crippen LogP contribution in [0, 0.1) is 5.41 Å². The highest BCUT2D eigenvalue weighted by Gasteiger charge is 2.36. The Balaban J connectivity index is 1.63. The molecular weight excluding hydrogens is 1510 g/mol. The third-order valence-corrected chi connectivity index (χ3v) is 18.1. The first-order valence-electron chi connectivity index (χ1n) is 35.5. The van der Waals surface area contributed by atoms with Crippen molar-refractivity contribution in [2.75, 3.05) is 175 Å². The molecular formula is C66H108N16O25S3. The van der Waals surface area contributed by atoms with Crippen LogP contribution in [-0.2, 0) is 116 Å². The third-order valence-electron chi connectivity index (χ3n) is 14.7. The number of carbonyl (C=O) groups excluding carboxylic acids is 13. The fraction of sp³-hybridized carbons (Fsp3) is 0.682.